The van der Waals surface area contributed by atoms with Crippen molar-refractivity contribution in [1.29, 1.82) is 0 Å². The second kappa shape index (κ2) is 6.43. The number of rotatable bonds is 5. The number of hydrogen-bond acceptors (Lipinski definition) is 4. The second-order valence-corrected chi connectivity index (χ2v) is 5.22. The smallest absolute Gasteiger partial charge is 0.271 e. The van der Waals surface area contributed by atoms with Crippen LogP contribution in [0, 0.1) is 5.92 Å². The summed E-state index contributed by atoms with van der Waals surface area (Å²) in [5.41, 5.74) is 2.13. The Hall–Kier alpha value is -2.01. The zero-order valence-electron chi connectivity index (χ0n) is 12.1. The van der Waals surface area contributed by atoms with E-state index in [9.17, 15) is 4.79 Å². The van der Waals surface area contributed by atoms with Crippen LogP contribution in [0.15, 0.2) is 35.3 Å². The minimum Gasteiger partial charge on any atom is -0.312 e. The molecule has 1 N–H and O–H groups in total. The monoisotopic (exact) mass is 272 g/mol. The van der Waals surface area contributed by atoms with E-state index in [1.54, 1.807) is 13.2 Å². The van der Waals surface area contributed by atoms with Gasteiger partial charge < -0.3 is 5.32 Å². The molecule has 0 saturated carbocycles. The molecule has 0 fully saturated rings. The summed E-state index contributed by atoms with van der Waals surface area (Å²) in [5, 5.41) is 7.55. The molecule has 0 saturated heterocycles. The lowest BCUT2D eigenvalue weighted by molar-refractivity contribution is 0.547. The minimum absolute atomic E-state index is 0.0686. The minimum atomic E-state index is -0.0686. The molecule has 0 bridgehead atoms. The Morgan fingerprint density at radius 3 is 2.75 bits per heavy atom. The molecule has 2 aromatic heterocycles. The van der Waals surface area contributed by atoms with Gasteiger partial charge in [0.1, 0.15) is 5.69 Å². The van der Waals surface area contributed by atoms with E-state index >= 15 is 0 Å². The number of nitrogens with zero attached hydrogens (tertiary/aromatic N) is 3. The normalized spacial score (nSPS) is 11.0. The molecule has 0 radical (unpaired) electrons. The zero-order chi connectivity index (χ0) is 14.5. The average molecular weight is 272 g/mol. The Labute approximate surface area is 118 Å². The van der Waals surface area contributed by atoms with Crippen molar-refractivity contribution in [2.75, 3.05) is 6.54 Å². The first-order valence-electron chi connectivity index (χ1n) is 6.77. The molecule has 0 spiro atoms. The van der Waals surface area contributed by atoms with E-state index in [0.717, 1.165) is 12.2 Å². The zero-order valence-corrected chi connectivity index (χ0v) is 12.1. The fourth-order valence-corrected chi connectivity index (χ4v) is 1.93. The predicted molar refractivity (Wildman–Crippen MR) is 79.3 cm³/mol. The van der Waals surface area contributed by atoms with Gasteiger partial charge in [0.05, 0.1) is 5.69 Å². The van der Waals surface area contributed by atoms with Gasteiger partial charge in [0.15, 0.2) is 0 Å². The molecule has 0 aliphatic heterocycles. The van der Waals surface area contributed by atoms with E-state index in [1.807, 2.05) is 24.3 Å². The summed E-state index contributed by atoms with van der Waals surface area (Å²) in [4.78, 5) is 16.3. The van der Waals surface area contributed by atoms with E-state index in [0.29, 0.717) is 23.7 Å². The van der Waals surface area contributed by atoms with E-state index in [2.05, 4.69) is 29.2 Å². The molecule has 0 atom stereocenters. The first-order valence-corrected chi connectivity index (χ1v) is 6.77. The van der Waals surface area contributed by atoms with Crippen molar-refractivity contribution in [1.82, 2.24) is 20.1 Å². The van der Waals surface area contributed by atoms with Gasteiger partial charge in [-0.2, -0.15) is 5.10 Å². The van der Waals surface area contributed by atoms with Crippen molar-refractivity contribution in [3.63, 3.8) is 0 Å². The summed E-state index contributed by atoms with van der Waals surface area (Å²) in [5.74, 6) is 0.552. The van der Waals surface area contributed by atoms with Crippen molar-refractivity contribution in [3.05, 3.63) is 46.4 Å². The maximum Gasteiger partial charge on any atom is 0.271 e. The Morgan fingerprint density at radius 2 is 2.10 bits per heavy atom. The van der Waals surface area contributed by atoms with Crippen LogP contribution < -0.4 is 10.9 Å². The molecule has 0 unspecified atom stereocenters. The van der Waals surface area contributed by atoms with Crippen molar-refractivity contribution in [3.8, 4) is 11.4 Å². The first kappa shape index (κ1) is 14.4. The average Bonchev–Trinajstić information content (AvgIpc) is 2.44. The summed E-state index contributed by atoms with van der Waals surface area (Å²) in [6, 6.07) is 7.47. The molecule has 5 nitrogen and oxygen atoms in total. The van der Waals surface area contributed by atoms with E-state index in [-0.39, 0.29) is 5.56 Å². The Bertz CT molecular complexity index is 620. The number of nitrogens with one attached hydrogen (secondary N) is 1. The molecule has 2 rings (SSSR count). The number of hydrogen-bond donors (Lipinski definition) is 1. The molecule has 0 aliphatic rings. The van der Waals surface area contributed by atoms with Crippen LogP contribution >= 0.6 is 0 Å². The first-order chi connectivity index (χ1) is 9.58. The topological polar surface area (TPSA) is 59.8 Å². The van der Waals surface area contributed by atoms with Gasteiger partial charge >= 0.3 is 0 Å². The summed E-state index contributed by atoms with van der Waals surface area (Å²) in [6.45, 7) is 5.70. The molecule has 5 heteroatoms. The molecule has 20 heavy (non-hydrogen) atoms. The van der Waals surface area contributed by atoms with Crippen molar-refractivity contribution in [2.24, 2.45) is 13.0 Å². The highest BCUT2D eigenvalue weighted by Gasteiger charge is 2.08. The van der Waals surface area contributed by atoms with E-state index < -0.39 is 0 Å². The number of pyridine rings is 1. The Morgan fingerprint density at radius 1 is 1.30 bits per heavy atom. The fraction of sp³-hybridized carbons (Fsp3) is 0.400. The molecular formula is C15H20N4O. The molecule has 0 aliphatic carbocycles. The van der Waals surface area contributed by atoms with Gasteiger partial charge in [-0.25, -0.2) is 4.68 Å². The molecule has 2 heterocycles. The maximum atomic E-state index is 12.1. The van der Waals surface area contributed by atoms with Gasteiger partial charge in [-0.05, 0) is 30.7 Å². The molecule has 0 amide bonds. The Kier molecular flexibility index (Phi) is 4.63. The van der Waals surface area contributed by atoms with Crippen LogP contribution in [0.3, 0.4) is 0 Å². The maximum absolute atomic E-state index is 12.1. The predicted octanol–water partition coefficient (Wildman–Crippen LogP) is 1.59. The number of aryl methyl sites for hydroxylation is 1. The summed E-state index contributed by atoms with van der Waals surface area (Å²) < 4.78 is 1.37. The lowest BCUT2D eigenvalue weighted by atomic mass is 10.2. The van der Waals surface area contributed by atoms with E-state index in [1.165, 1.54) is 4.68 Å². The Balaban J connectivity index is 2.28. The van der Waals surface area contributed by atoms with Gasteiger partial charge in [0.25, 0.3) is 5.56 Å². The highest BCUT2D eigenvalue weighted by Crippen LogP contribution is 2.12. The summed E-state index contributed by atoms with van der Waals surface area (Å²) >= 11 is 0. The van der Waals surface area contributed by atoms with Crippen LogP contribution in [0.1, 0.15) is 19.4 Å². The molecular weight excluding hydrogens is 252 g/mol. The molecule has 106 valence electrons. The highest BCUT2D eigenvalue weighted by atomic mass is 16.1. The van der Waals surface area contributed by atoms with Crippen LogP contribution in [0.5, 0.6) is 0 Å². The van der Waals surface area contributed by atoms with Gasteiger partial charge in [-0.1, -0.05) is 19.9 Å². The van der Waals surface area contributed by atoms with Crippen LogP contribution in [0.2, 0.25) is 0 Å². The van der Waals surface area contributed by atoms with Crippen LogP contribution in [-0.4, -0.2) is 21.3 Å². The second-order valence-electron chi connectivity index (χ2n) is 5.22. The van der Waals surface area contributed by atoms with E-state index in [4.69, 9.17) is 0 Å². The standard InChI is InChI=1S/C15H20N4O/c1-11(2)9-16-10-12-8-14(18-19(3)15(12)20)13-6-4-5-7-17-13/h4-8,11,16H,9-10H2,1-3H3. The lowest BCUT2D eigenvalue weighted by Gasteiger charge is -2.09. The third-order valence-electron chi connectivity index (χ3n) is 2.93. The van der Waals surface area contributed by atoms with Crippen molar-refractivity contribution in [2.45, 2.75) is 20.4 Å². The van der Waals surface area contributed by atoms with Crippen LogP contribution in [0.25, 0.3) is 11.4 Å². The third kappa shape index (κ3) is 3.51. The molecule has 0 aromatic carbocycles. The molecule has 2 aromatic rings. The van der Waals surface area contributed by atoms with Gasteiger partial charge in [-0.15, -0.1) is 0 Å². The third-order valence-corrected chi connectivity index (χ3v) is 2.93. The van der Waals surface area contributed by atoms with Gasteiger partial charge in [-0.3, -0.25) is 9.78 Å². The van der Waals surface area contributed by atoms with Crippen LogP contribution in [-0.2, 0) is 13.6 Å². The number of aromatic nitrogens is 3. The van der Waals surface area contributed by atoms with Crippen LogP contribution in [0.4, 0.5) is 0 Å². The summed E-state index contributed by atoms with van der Waals surface area (Å²) in [6.07, 6.45) is 1.72. The van der Waals surface area contributed by atoms with Gasteiger partial charge in [0.2, 0.25) is 0 Å². The summed E-state index contributed by atoms with van der Waals surface area (Å²) in [7, 11) is 1.67. The fourth-order valence-electron chi connectivity index (χ4n) is 1.93. The SMILES string of the molecule is CC(C)CNCc1cc(-c2ccccn2)nn(C)c1=O. The largest absolute Gasteiger partial charge is 0.312 e. The van der Waals surface area contributed by atoms with Gasteiger partial charge in [0, 0.05) is 25.4 Å². The highest BCUT2D eigenvalue weighted by molar-refractivity contribution is 5.53. The van der Waals surface area contributed by atoms with Crippen molar-refractivity contribution < 1.29 is 0 Å². The van der Waals surface area contributed by atoms with Crippen molar-refractivity contribution >= 4 is 0 Å². The lowest BCUT2D eigenvalue weighted by Crippen LogP contribution is -2.29. The quantitative estimate of drug-likeness (QED) is 0.898.